The monoisotopic (exact) mass is 312 g/mol. The first-order chi connectivity index (χ1) is 10.4. The van der Waals surface area contributed by atoms with Gasteiger partial charge in [-0.05, 0) is 59.4 Å². The molecule has 0 aromatic carbocycles. The van der Waals surface area contributed by atoms with Crippen LogP contribution in [0, 0.1) is 0 Å². The second-order valence-electron chi connectivity index (χ2n) is 7.46. The minimum atomic E-state index is -0.407. The highest BCUT2D eigenvalue weighted by Crippen LogP contribution is 2.22. The highest BCUT2D eigenvalue weighted by molar-refractivity contribution is 5.68. The van der Waals surface area contributed by atoms with Crippen molar-refractivity contribution in [2.75, 3.05) is 13.1 Å². The van der Waals surface area contributed by atoms with Crippen LogP contribution < -0.4 is 5.32 Å². The summed E-state index contributed by atoms with van der Waals surface area (Å²) in [4.78, 5) is 14.2. The molecule has 130 valence electrons. The molecule has 1 fully saturated rings. The number of rotatable bonds is 8. The van der Waals surface area contributed by atoms with Crippen molar-refractivity contribution in [3.05, 3.63) is 0 Å². The summed E-state index contributed by atoms with van der Waals surface area (Å²) in [5.41, 5.74) is -0.407. The molecule has 4 nitrogen and oxygen atoms in total. The van der Waals surface area contributed by atoms with Crippen LogP contribution in [0.4, 0.5) is 4.79 Å². The van der Waals surface area contributed by atoms with Gasteiger partial charge in [-0.15, -0.1) is 0 Å². The van der Waals surface area contributed by atoms with Crippen molar-refractivity contribution in [2.45, 2.75) is 97.2 Å². The van der Waals surface area contributed by atoms with Gasteiger partial charge in [0.05, 0.1) is 0 Å². The van der Waals surface area contributed by atoms with Crippen molar-refractivity contribution in [3.63, 3.8) is 0 Å². The number of ether oxygens (including phenoxy) is 1. The van der Waals surface area contributed by atoms with Crippen molar-refractivity contribution < 1.29 is 9.53 Å². The zero-order valence-electron chi connectivity index (χ0n) is 15.3. The molecule has 1 aliphatic heterocycles. The summed E-state index contributed by atoms with van der Waals surface area (Å²) in [6.07, 6.45) is 8.07. The van der Waals surface area contributed by atoms with E-state index in [1.807, 2.05) is 25.7 Å². The molecule has 0 aromatic rings. The zero-order chi connectivity index (χ0) is 16.6. The summed E-state index contributed by atoms with van der Waals surface area (Å²) in [6, 6.07) is 0.961. The SMILES string of the molecule is CCCCC(CC)NCCC1CCCN1C(=O)OC(C)(C)C. The quantitative estimate of drug-likeness (QED) is 0.725. The van der Waals surface area contributed by atoms with Gasteiger partial charge in [0.15, 0.2) is 0 Å². The maximum Gasteiger partial charge on any atom is 0.410 e. The summed E-state index contributed by atoms with van der Waals surface area (Å²) in [5.74, 6) is 0. The minimum absolute atomic E-state index is 0.145. The van der Waals surface area contributed by atoms with E-state index in [0.29, 0.717) is 12.1 Å². The van der Waals surface area contributed by atoms with Crippen LogP contribution in [0.2, 0.25) is 0 Å². The predicted molar refractivity (Wildman–Crippen MR) is 92.2 cm³/mol. The van der Waals surface area contributed by atoms with Gasteiger partial charge in [-0.2, -0.15) is 0 Å². The van der Waals surface area contributed by atoms with Gasteiger partial charge in [0, 0.05) is 18.6 Å². The molecule has 4 heteroatoms. The first kappa shape index (κ1) is 19.3. The highest BCUT2D eigenvalue weighted by Gasteiger charge is 2.31. The lowest BCUT2D eigenvalue weighted by molar-refractivity contribution is 0.0220. The summed E-state index contributed by atoms with van der Waals surface area (Å²) >= 11 is 0. The number of nitrogens with one attached hydrogen (secondary N) is 1. The van der Waals surface area contributed by atoms with E-state index in [0.717, 1.165) is 32.4 Å². The first-order valence-corrected chi connectivity index (χ1v) is 9.10. The summed E-state index contributed by atoms with van der Waals surface area (Å²) in [7, 11) is 0. The number of carbonyl (C=O) groups excluding carboxylic acids is 1. The lowest BCUT2D eigenvalue weighted by Crippen LogP contribution is -2.41. The fraction of sp³-hybridized carbons (Fsp3) is 0.944. The maximum absolute atomic E-state index is 12.2. The van der Waals surface area contributed by atoms with Crippen LogP contribution in [0.5, 0.6) is 0 Å². The Labute approximate surface area is 137 Å². The van der Waals surface area contributed by atoms with Crippen LogP contribution in [-0.4, -0.2) is 41.8 Å². The maximum atomic E-state index is 12.2. The number of unbranched alkanes of at least 4 members (excludes halogenated alkanes) is 1. The zero-order valence-corrected chi connectivity index (χ0v) is 15.3. The number of amides is 1. The molecule has 0 aromatic heterocycles. The Morgan fingerprint density at radius 3 is 2.68 bits per heavy atom. The molecular formula is C18H36N2O2. The largest absolute Gasteiger partial charge is 0.444 e. The van der Waals surface area contributed by atoms with E-state index >= 15 is 0 Å². The molecule has 1 saturated heterocycles. The van der Waals surface area contributed by atoms with E-state index in [-0.39, 0.29) is 6.09 Å². The molecule has 0 radical (unpaired) electrons. The van der Waals surface area contributed by atoms with Gasteiger partial charge in [0.1, 0.15) is 5.60 Å². The van der Waals surface area contributed by atoms with Crippen molar-refractivity contribution in [3.8, 4) is 0 Å². The Balaban J connectivity index is 2.36. The second kappa shape index (κ2) is 9.39. The summed E-state index contributed by atoms with van der Waals surface area (Å²) < 4.78 is 5.52. The van der Waals surface area contributed by atoms with Gasteiger partial charge in [-0.3, -0.25) is 0 Å². The normalized spacial score (nSPS) is 20.2. The smallest absolute Gasteiger partial charge is 0.410 e. The topological polar surface area (TPSA) is 41.6 Å². The molecule has 0 saturated carbocycles. The van der Waals surface area contributed by atoms with E-state index in [2.05, 4.69) is 19.2 Å². The van der Waals surface area contributed by atoms with Gasteiger partial charge < -0.3 is 15.0 Å². The van der Waals surface area contributed by atoms with Crippen LogP contribution in [0.1, 0.15) is 79.6 Å². The molecule has 0 aliphatic carbocycles. The predicted octanol–water partition coefficient (Wildman–Crippen LogP) is 4.33. The molecule has 1 heterocycles. The van der Waals surface area contributed by atoms with Gasteiger partial charge >= 0.3 is 6.09 Å². The van der Waals surface area contributed by atoms with Crippen LogP contribution in [0.25, 0.3) is 0 Å². The van der Waals surface area contributed by atoms with E-state index in [1.165, 1.54) is 25.7 Å². The molecule has 22 heavy (non-hydrogen) atoms. The molecule has 0 spiro atoms. The Morgan fingerprint density at radius 1 is 1.36 bits per heavy atom. The highest BCUT2D eigenvalue weighted by atomic mass is 16.6. The molecule has 1 aliphatic rings. The molecule has 2 unspecified atom stereocenters. The van der Waals surface area contributed by atoms with Gasteiger partial charge in [0.25, 0.3) is 0 Å². The Hall–Kier alpha value is -0.770. The number of hydrogen-bond donors (Lipinski definition) is 1. The number of likely N-dealkylation sites (tertiary alicyclic amines) is 1. The molecule has 1 amide bonds. The van der Waals surface area contributed by atoms with Crippen LogP contribution in [-0.2, 0) is 4.74 Å². The fourth-order valence-electron chi connectivity index (χ4n) is 3.05. The summed E-state index contributed by atoms with van der Waals surface area (Å²) in [5, 5.41) is 3.66. The minimum Gasteiger partial charge on any atom is -0.444 e. The van der Waals surface area contributed by atoms with Crippen LogP contribution in [0.15, 0.2) is 0 Å². The summed E-state index contributed by atoms with van der Waals surface area (Å²) in [6.45, 7) is 12.1. The third-order valence-corrected chi connectivity index (χ3v) is 4.31. The number of nitrogens with zero attached hydrogens (tertiary/aromatic N) is 1. The van der Waals surface area contributed by atoms with Gasteiger partial charge in [-0.25, -0.2) is 4.79 Å². The third-order valence-electron chi connectivity index (χ3n) is 4.31. The molecule has 1 rings (SSSR count). The van der Waals surface area contributed by atoms with Crippen molar-refractivity contribution in [1.82, 2.24) is 10.2 Å². The number of carbonyl (C=O) groups is 1. The standard InChI is InChI=1S/C18H36N2O2/c1-6-8-10-15(7-2)19-13-12-16-11-9-14-20(16)17(21)22-18(3,4)5/h15-16,19H,6-14H2,1-5H3. The molecule has 1 N–H and O–H groups in total. The molecule has 2 atom stereocenters. The van der Waals surface area contributed by atoms with E-state index in [1.54, 1.807) is 0 Å². The van der Waals surface area contributed by atoms with Crippen LogP contribution >= 0.6 is 0 Å². The lowest BCUT2D eigenvalue weighted by Gasteiger charge is -2.29. The third kappa shape index (κ3) is 6.99. The van der Waals surface area contributed by atoms with Gasteiger partial charge in [0.2, 0.25) is 0 Å². The molecular weight excluding hydrogens is 276 g/mol. The molecule has 0 bridgehead atoms. The fourth-order valence-corrected chi connectivity index (χ4v) is 3.05. The van der Waals surface area contributed by atoms with Crippen molar-refractivity contribution in [1.29, 1.82) is 0 Å². The van der Waals surface area contributed by atoms with E-state index in [9.17, 15) is 4.79 Å². The van der Waals surface area contributed by atoms with E-state index in [4.69, 9.17) is 4.74 Å². The van der Waals surface area contributed by atoms with Crippen molar-refractivity contribution >= 4 is 6.09 Å². The Bertz CT molecular complexity index is 326. The first-order valence-electron chi connectivity index (χ1n) is 9.10. The average molecular weight is 312 g/mol. The Morgan fingerprint density at radius 2 is 2.09 bits per heavy atom. The lowest BCUT2D eigenvalue weighted by atomic mass is 10.1. The van der Waals surface area contributed by atoms with Crippen LogP contribution in [0.3, 0.4) is 0 Å². The number of hydrogen-bond acceptors (Lipinski definition) is 3. The van der Waals surface area contributed by atoms with Crippen molar-refractivity contribution in [2.24, 2.45) is 0 Å². The van der Waals surface area contributed by atoms with E-state index < -0.39 is 5.60 Å². The second-order valence-corrected chi connectivity index (χ2v) is 7.46. The van der Waals surface area contributed by atoms with Gasteiger partial charge in [-0.1, -0.05) is 26.7 Å². The average Bonchev–Trinajstić information content (AvgIpc) is 2.89. The Kier molecular flexibility index (Phi) is 8.23.